The summed E-state index contributed by atoms with van der Waals surface area (Å²) >= 11 is 1.35. The van der Waals surface area contributed by atoms with Gasteiger partial charge in [0.1, 0.15) is 11.5 Å². The molecule has 3 rings (SSSR count). The number of rotatable bonds is 9. The highest BCUT2D eigenvalue weighted by Gasteiger charge is 2.38. The van der Waals surface area contributed by atoms with Crippen molar-refractivity contribution in [2.24, 2.45) is 0 Å². The molecule has 2 aromatic rings. The third kappa shape index (κ3) is 4.27. The standard InChI is InChI=1S/C21H23NO4S/c1-3-11-22-20(23)18(15-7-9-16(10-8-15)25-12-4-2)19(21(22)24)27-14-17-6-5-13-26-17/h5-10,13H,3-4,11-12,14H2,1-2H3. The van der Waals surface area contributed by atoms with E-state index in [1.807, 2.05) is 50.2 Å². The predicted octanol–water partition coefficient (Wildman–Crippen LogP) is 4.49. The van der Waals surface area contributed by atoms with E-state index in [1.54, 1.807) is 6.26 Å². The number of hydrogen-bond acceptors (Lipinski definition) is 5. The van der Waals surface area contributed by atoms with Crippen molar-refractivity contribution in [3.8, 4) is 5.75 Å². The molecule has 0 radical (unpaired) electrons. The third-order valence-electron chi connectivity index (χ3n) is 4.13. The van der Waals surface area contributed by atoms with Crippen molar-refractivity contribution in [2.75, 3.05) is 13.2 Å². The van der Waals surface area contributed by atoms with Gasteiger partial charge in [0.15, 0.2) is 0 Å². The minimum atomic E-state index is -0.231. The number of carbonyl (C=O) groups excluding carboxylic acids is 2. The van der Waals surface area contributed by atoms with Gasteiger partial charge in [-0.05, 0) is 42.7 Å². The van der Waals surface area contributed by atoms with Crippen molar-refractivity contribution in [1.29, 1.82) is 0 Å². The fraction of sp³-hybridized carbons (Fsp3) is 0.333. The van der Waals surface area contributed by atoms with Gasteiger partial charge in [-0.25, -0.2) is 0 Å². The predicted molar refractivity (Wildman–Crippen MR) is 106 cm³/mol. The molecule has 1 aromatic heterocycles. The van der Waals surface area contributed by atoms with E-state index >= 15 is 0 Å². The van der Waals surface area contributed by atoms with Gasteiger partial charge >= 0.3 is 0 Å². The largest absolute Gasteiger partial charge is 0.494 e. The minimum Gasteiger partial charge on any atom is -0.494 e. The lowest BCUT2D eigenvalue weighted by Gasteiger charge is -2.13. The Morgan fingerprint density at radius 1 is 1.04 bits per heavy atom. The molecule has 0 bridgehead atoms. The van der Waals surface area contributed by atoms with Crippen LogP contribution in [0.2, 0.25) is 0 Å². The van der Waals surface area contributed by atoms with Crippen LogP contribution in [0.3, 0.4) is 0 Å². The Labute approximate surface area is 163 Å². The van der Waals surface area contributed by atoms with Crippen molar-refractivity contribution < 1.29 is 18.7 Å². The summed E-state index contributed by atoms with van der Waals surface area (Å²) in [6.07, 6.45) is 3.26. The van der Waals surface area contributed by atoms with E-state index in [9.17, 15) is 9.59 Å². The molecule has 0 spiro atoms. The van der Waals surface area contributed by atoms with Crippen molar-refractivity contribution in [2.45, 2.75) is 32.4 Å². The molecule has 0 N–H and O–H groups in total. The summed E-state index contributed by atoms with van der Waals surface area (Å²) in [5, 5.41) is 0. The molecule has 1 aliphatic rings. The second-order valence-corrected chi connectivity index (χ2v) is 7.19. The van der Waals surface area contributed by atoms with Crippen LogP contribution >= 0.6 is 11.8 Å². The van der Waals surface area contributed by atoms with Gasteiger partial charge in [-0.15, -0.1) is 11.8 Å². The lowest BCUT2D eigenvalue weighted by atomic mass is 10.1. The summed E-state index contributed by atoms with van der Waals surface area (Å²) in [4.78, 5) is 27.6. The van der Waals surface area contributed by atoms with Crippen LogP contribution in [-0.2, 0) is 15.3 Å². The molecule has 0 fully saturated rings. The molecule has 142 valence electrons. The van der Waals surface area contributed by atoms with Crippen molar-refractivity contribution >= 4 is 29.1 Å². The molecule has 0 atom stereocenters. The highest BCUT2D eigenvalue weighted by Crippen LogP contribution is 2.38. The minimum absolute atomic E-state index is 0.222. The fourth-order valence-corrected chi connectivity index (χ4v) is 3.88. The lowest BCUT2D eigenvalue weighted by molar-refractivity contribution is -0.136. The van der Waals surface area contributed by atoms with Crippen LogP contribution in [0.4, 0.5) is 0 Å². The number of imide groups is 1. The van der Waals surface area contributed by atoms with E-state index in [-0.39, 0.29) is 11.8 Å². The van der Waals surface area contributed by atoms with Gasteiger partial charge in [0.25, 0.3) is 11.8 Å². The first kappa shape index (κ1) is 19.3. The summed E-state index contributed by atoms with van der Waals surface area (Å²) in [6, 6.07) is 11.0. The second-order valence-electron chi connectivity index (χ2n) is 6.21. The Bertz CT molecular complexity index is 824. The topological polar surface area (TPSA) is 59.8 Å². The molecular weight excluding hydrogens is 362 g/mol. The number of furan rings is 1. The Morgan fingerprint density at radius 2 is 1.81 bits per heavy atom. The van der Waals surface area contributed by atoms with Crippen LogP contribution < -0.4 is 4.74 Å². The van der Waals surface area contributed by atoms with Gasteiger partial charge < -0.3 is 9.15 Å². The molecule has 5 nitrogen and oxygen atoms in total. The van der Waals surface area contributed by atoms with Crippen molar-refractivity contribution in [3.63, 3.8) is 0 Å². The zero-order chi connectivity index (χ0) is 19.2. The monoisotopic (exact) mass is 385 g/mol. The molecule has 0 saturated carbocycles. The third-order valence-corrected chi connectivity index (χ3v) is 5.22. The second kappa shape index (κ2) is 8.95. The summed E-state index contributed by atoms with van der Waals surface area (Å²) in [5.41, 5.74) is 1.20. The molecule has 1 aromatic carbocycles. The molecule has 0 saturated heterocycles. The first-order valence-corrected chi connectivity index (χ1v) is 10.1. The Hall–Kier alpha value is -2.47. The van der Waals surface area contributed by atoms with E-state index in [1.165, 1.54) is 16.7 Å². The van der Waals surface area contributed by atoms with Crippen LogP contribution in [0.15, 0.2) is 52.0 Å². The van der Waals surface area contributed by atoms with Gasteiger partial charge in [-0.1, -0.05) is 26.0 Å². The Morgan fingerprint density at radius 3 is 2.44 bits per heavy atom. The van der Waals surface area contributed by atoms with Crippen LogP contribution in [0.5, 0.6) is 5.75 Å². The van der Waals surface area contributed by atoms with E-state index in [0.29, 0.717) is 29.4 Å². The average Bonchev–Trinajstić information content (AvgIpc) is 3.28. The lowest BCUT2D eigenvalue weighted by Crippen LogP contribution is -2.32. The van der Waals surface area contributed by atoms with Crippen LogP contribution in [-0.4, -0.2) is 29.9 Å². The maximum atomic E-state index is 12.9. The summed E-state index contributed by atoms with van der Waals surface area (Å²) in [6.45, 7) is 5.07. The van der Waals surface area contributed by atoms with Crippen LogP contribution in [0.25, 0.3) is 5.57 Å². The zero-order valence-electron chi connectivity index (χ0n) is 15.6. The molecule has 2 amide bonds. The van der Waals surface area contributed by atoms with E-state index in [4.69, 9.17) is 9.15 Å². The Kier molecular flexibility index (Phi) is 6.40. The first-order chi connectivity index (χ1) is 13.2. The van der Waals surface area contributed by atoms with E-state index in [0.717, 1.165) is 29.9 Å². The van der Waals surface area contributed by atoms with Crippen molar-refractivity contribution in [3.05, 3.63) is 58.9 Å². The quantitative estimate of drug-likeness (QED) is 0.595. The molecule has 27 heavy (non-hydrogen) atoms. The maximum Gasteiger partial charge on any atom is 0.267 e. The van der Waals surface area contributed by atoms with Crippen molar-refractivity contribution in [1.82, 2.24) is 4.90 Å². The highest BCUT2D eigenvalue weighted by molar-refractivity contribution is 8.03. The molecular formula is C21H23NO4S. The van der Waals surface area contributed by atoms with Gasteiger partial charge in [-0.3, -0.25) is 14.5 Å². The van der Waals surface area contributed by atoms with E-state index in [2.05, 4.69) is 0 Å². The number of thioether (sulfide) groups is 1. The average molecular weight is 385 g/mol. The number of ether oxygens (including phenoxy) is 1. The number of carbonyl (C=O) groups is 2. The summed E-state index contributed by atoms with van der Waals surface area (Å²) < 4.78 is 11.0. The van der Waals surface area contributed by atoms with Crippen LogP contribution in [0, 0.1) is 0 Å². The molecule has 0 unspecified atom stereocenters. The number of amides is 2. The van der Waals surface area contributed by atoms with Gasteiger partial charge in [0, 0.05) is 6.54 Å². The van der Waals surface area contributed by atoms with Gasteiger partial charge in [0.05, 0.1) is 29.1 Å². The zero-order valence-corrected chi connectivity index (χ0v) is 16.4. The first-order valence-electron chi connectivity index (χ1n) is 9.14. The molecule has 0 aliphatic carbocycles. The Balaban J connectivity index is 1.89. The smallest absolute Gasteiger partial charge is 0.267 e. The molecule has 2 heterocycles. The van der Waals surface area contributed by atoms with E-state index < -0.39 is 0 Å². The fourth-order valence-electron chi connectivity index (χ4n) is 2.84. The molecule has 1 aliphatic heterocycles. The number of hydrogen-bond donors (Lipinski definition) is 0. The normalized spacial score (nSPS) is 14.4. The number of nitrogens with zero attached hydrogens (tertiary/aromatic N) is 1. The number of benzene rings is 1. The summed E-state index contributed by atoms with van der Waals surface area (Å²) in [5.74, 6) is 1.57. The highest BCUT2D eigenvalue weighted by atomic mass is 32.2. The van der Waals surface area contributed by atoms with Gasteiger partial charge in [0.2, 0.25) is 0 Å². The molecule has 6 heteroatoms. The SMILES string of the molecule is CCCOc1ccc(C2=C(SCc3ccco3)C(=O)N(CCC)C2=O)cc1. The summed E-state index contributed by atoms with van der Waals surface area (Å²) in [7, 11) is 0. The maximum absolute atomic E-state index is 12.9. The van der Waals surface area contributed by atoms with Crippen LogP contribution in [0.1, 0.15) is 38.0 Å². The van der Waals surface area contributed by atoms with Gasteiger partial charge in [-0.2, -0.15) is 0 Å².